The molecular weight excluding hydrogens is 1180 g/mol. The molecule has 0 saturated carbocycles. The van der Waals surface area contributed by atoms with Crippen LogP contribution in [0.25, 0.3) is 82.5 Å². The molecule has 6 heterocycles. The average molecular weight is 1250 g/mol. The number of carbonyl (C=O) groups is 3. The number of aryl methyl sites for hydroxylation is 2. The third kappa shape index (κ3) is 11.2. The van der Waals surface area contributed by atoms with Gasteiger partial charge in [0.1, 0.15) is 0 Å². The fraction of sp³-hybridized carbons (Fsp3) is 0.287. The third-order valence-corrected chi connectivity index (χ3v) is 20.9. The molecular formula is C80H70N12O3. The summed E-state index contributed by atoms with van der Waals surface area (Å²) in [6.45, 7) is 39.1. The maximum absolute atomic E-state index is 12.8. The molecule has 0 fully saturated rings. The van der Waals surface area contributed by atoms with Gasteiger partial charge in [-0.3, -0.25) is 15.0 Å². The summed E-state index contributed by atoms with van der Waals surface area (Å²) >= 11 is 0. The fourth-order valence-electron chi connectivity index (χ4n) is 15.9. The van der Waals surface area contributed by atoms with Gasteiger partial charge in [0.25, 0.3) is 0 Å². The predicted molar refractivity (Wildman–Crippen MR) is 366 cm³/mol. The minimum Gasteiger partial charge on any atom is -0.308 e. The van der Waals surface area contributed by atoms with Crippen molar-refractivity contribution in [2.75, 3.05) is 0 Å². The maximum Gasteiger partial charge on any atom is 0.226 e. The number of allylic oxidation sites excluding steroid dienone is 6. The van der Waals surface area contributed by atoms with E-state index < -0.39 is 16.2 Å². The number of hydrogen-bond acceptors (Lipinski definition) is 12. The number of aromatic nitrogens is 9. The average Bonchev–Trinajstić information content (AvgIpc) is 0.737. The summed E-state index contributed by atoms with van der Waals surface area (Å²) in [5, 5.41) is 0. The summed E-state index contributed by atoms with van der Waals surface area (Å²) in [5.41, 5.74) is 16.4. The molecule has 0 amide bonds. The molecule has 0 aliphatic heterocycles. The number of hydrogen-bond donors (Lipinski definition) is 0. The van der Waals surface area contributed by atoms with Gasteiger partial charge in [-0.25, -0.2) is 44.4 Å². The van der Waals surface area contributed by atoms with Crippen LogP contribution >= 0.6 is 0 Å². The van der Waals surface area contributed by atoms with Crippen LogP contribution in [0.15, 0.2) is 188 Å². The van der Waals surface area contributed by atoms with E-state index >= 15 is 0 Å². The maximum atomic E-state index is 12.8. The van der Waals surface area contributed by atoms with Crippen LogP contribution in [0, 0.1) is 69.1 Å². The number of Topliss-reactive ketones (excluding diaryl/α,β-unsaturated/α-hetero) is 3. The normalized spacial score (nSPS) is 24.3. The first kappa shape index (κ1) is 62.8. The van der Waals surface area contributed by atoms with Crippen molar-refractivity contribution in [2.24, 2.45) is 35.5 Å². The molecule has 15 nitrogen and oxygen atoms in total. The van der Waals surface area contributed by atoms with Crippen molar-refractivity contribution < 1.29 is 14.4 Å². The first-order chi connectivity index (χ1) is 45.9. The van der Waals surface area contributed by atoms with Crippen LogP contribution < -0.4 is 0 Å². The molecule has 0 radical (unpaired) electrons. The zero-order chi connectivity index (χ0) is 66.5. The van der Waals surface area contributed by atoms with Gasteiger partial charge in [-0.2, -0.15) is 0 Å². The van der Waals surface area contributed by atoms with Crippen molar-refractivity contribution >= 4 is 17.3 Å². The molecule has 15 heteroatoms. The van der Waals surface area contributed by atoms with Crippen molar-refractivity contribution in [3.8, 4) is 67.9 Å². The molecule has 6 aliphatic rings. The van der Waals surface area contributed by atoms with E-state index in [9.17, 15) is 14.4 Å². The molecule has 9 atom stereocenters. The first-order valence-corrected chi connectivity index (χ1v) is 32.5. The summed E-state index contributed by atoms with van der Waals surface area (Å²) in [6.07, 6.45) is 21.1. The van der Waals surface area contributed by atoms with E-state index in [1.807, 2.05) is 93.6 Å². The Morgan fingerprint density at radius 1 is 0.379 bits per heavy atom. The van der Waals surface area contributed by atoms with Crippen LogP contribution in [0.5, 0.6) is 0 Å². The molecule has 0 unspecified atom stereocenters. The SMILES string of the molecule is [C-]#[N+]C1=C[C@@]2(C)c3nc(-c4ccncc4)nc(-c4ccc(C)cc4)c3CC[C@@H]2[C@@H](C)C1=O.[C-]#[N+]C1=C[C@@]2(C)c3nc(-c4ccncc4)nc(-c4cccc(C)c4)c3CC[C@@H]2[C@@H](C)C1=O.[C-]#[N+]C1=C[C@@]2(C)c3nc(-c4ccncc4)nc(-c4ccccc4)c3CC[C@@H]2[C@@H](C)C1=O. The van der Waals surface area contributed by atoms with Crippen LogP contribution in [0.1, 0.15) is 106 Å². The van der Waals surface area contributed by atoms with E-state index in [0.29, 0.717) is 17.5 Å². The van der Waals surface area contributed by atoms with Gasteiger partial charge in [0.15, 0.2) is 34.8 Å². The zero-order valence-corrected chi connectivity index (χ0v) is 54.5. The van der Waals surface area contributed by atoms with Crippen LogP contribution in [-0.2, 0) is 49.9 Å². The summed E-state index contributed by atoms with van der Waals surface area (Å²) in [5.74, 6) is 1.51. The Hall–Kier alpha value is -11.0. The first-order valence-electron chi connectivity index (χ1n) is 32.5. The Balaban J connectivity index is 0.000000129. The molecule has 9 aromatic rings. The van der Waals surface area contributed by atoms with Crippen molar-refractivity contribution in [1.29, 1.82) is 0 Å². The molecule has 0 saturated heterocycles. The van der Waals surface area contributed by atoms with Gasteiger partial charge < -0.3 is 14.4 Å². The van der Waals surface area contributed by atoms with Crippen molar-refractivity contribution in [3.63, 3.8) is 0 Å². The third-order valence-electron chi connectivity index (χ3n) is 20.9. The highest BCUT2D eigenvalue weighted by Crippen LogP contribution is 2.54. The second-order valence-electron chi connectivity index (χ2n) is 26.6. The Bertz CT molecular complexity index is 4800. The number of ketones is 3. The van der Waals surface area contributed by atoms with E-state index in [-0.39, 0.29) is 69.9 Å². The van der Waals surface area contributed by atoms with Crippen molar-refractivity contribution in [2.45, 2.75) is 110 Å². The minimum atomic E-state index is -0.496. The lowest BCUT2D eigenvalue weighted by atomic mass is 9.58. The van der Waals surface area contributed by atoms with Gasteiger partial charge in [-0.1, -0.05) is 144 Å². The lowest BCUT2D eigenvalue weighted by molar-refractivity contribution is -0.122. The Morgan fingerprint density at radius 2 is 0.705 bits per heavy atom. The Morgan fingerprint density at radius 3 is 1.04 bits per heavy atom. The summed E-state index contributed by atoms with van der Waals surface area (Å²) in [6, 6.07) is 38.4. The van der Waals surface area contributed by atoms with Crippen molar-refractivity contribution in [3.05, 3.63) is 267 Å². The largest absolute Gasteiger partial charge is 0.308 e. The van der Waals surface area contributed by atoms with E-state index in [2.05, 4.69) is 125 Å². The van der Waals surface area contributed by atoms with Crippen LogP contribution in [-0.4, -0.2) is 62.2 Å². The van der Waals surface area contributed by atoms with Gasteiger partial charge in [0, 0.05) is 121 Å². The highest BCUT2D eigenvalue weighted by Gasteiger charge is 2.53. The quantitative estimate of drug-likeness (QED) is 0.144. The number of pyridine rings is 3. The van der Waals surface area contributed by atoms with Gasteiger partial charge in [-0.05, 0) is 113 Å². The Labute approximate surface area is 554 Å². The molecule has 0 bridgehead atoms. The monoisotopic (exact) mass is 1250 g/mol. The number of nitrogens with zero attached hydrogens (tertiary/aromatic N) is 12. The molecule has 6 aliphatic carbocycles. The fourth-order valence-corrected chi connectivity index (χ4v) is 15.9. The number of carbonyl (C=O) groups excluding carboxylic acids is 3. The van der Waals surface area contributed by atoms with Crippen LogP contribution in [0.2, 0.25) is 0 Å². The second kappa shape index (κ2) is 25.2. The standard InChI is InChI=1S/2C27H24N4O.C26H22N4O/c1-16-5-7-18(8-6-16)23-20-9-10-21-17(2)24(32)22(28-4)15-27(21,3)25(20)31-26(30-23)19-11-13-29-14-12-19;1-16-6-5-7-19(14-16)23-20-8-9-21-17(2)24(32)22(28-4)15-27(21,3)25(20)31-26(30-23)18-10-12-29-13-11-18;1-16-20-10-9-19-22(17-7-5-4-6-8-17)29-25(18-11-13-28-14-12-18)30-24(19)26(20,2)15-21(27-3)23(16)31/h5-8,11-15,17,21H,9-10H2,1-3H3;5-7,10-15,17,21H,8-9H2,1-3H3;4-8,11-16,20H,9-10H2,1-2H3/t2*17-,21-,27-;16-,20-,26-/m111/s1. The number of rotatable bonds is 6. The number of benzene rings is 3. The Kier molecular flexibility index (Phi) is 16.6. The van der Waals surface area contributed by atoms with Crippen LogP contribution in [0.4, 0.5) is 0 Å². The summed E-state index contributed by atoms with van der Waals surface area (Å²) in [4.78, 5) is 91.5. The molecule has 15 rings (SSSR count). The summed E-state index contributed by atoms with van der Waals surface area (Å²) < 4.78 is 0. The highest BCUT2D eigenvalue weighted by atomic mass is 16.1. The lowest BCUT2D eigenvalue weighted by Crippen LogP contribution is -2.46. The molecule has 468 valence electrons. The molecule has 0 N–H and O–H groups in total. The second-order valence-corrected chi connectivity index (χ2v) is 26.6. The lowest BCUT2D eigenvalue weighted by Gasteiger charge is -2.46. The topological polar surface area (TPSA) is 180 Å². The van der Waals surface area contributed by atoms with Gasteiger partial charge in [0.2, 0.25) is 17.1 Å². The predicted octanol–water partition coefficient (Wildman–Crippen LogP) is 15.8. The van der Waals surface area contributed by atoms with E-state index in [1.165, 1.54) is 11.1 Å². The minimum absolute atomic E-state index is 0.0479. The smallest absolute Gasteiger partial charge is 0.226 e. The van der Waals surface area contributed by atoms with Gasteiger partial charge in [0.05, 0.1) is 53.9 Å². The number of fused-ring (bicyclic) bond motifs is 9. The molecule has 95 heavy (non-hydrogen) atoms. The highest BCUT2D eigenvalue weighted by molar-refractivity contribution is 6.02. The summed E-state index contributed by atoms with van der Waals surface area (Å²) in [7, 11) is 0. The molecule has 0 spiro atoms. The zero-order valence-electron chi connectivity index (χ0n) is 54.5. The molecule has 6 aromatic heterocycles. The van der Waals surface area contributed by atoms with E-state index in [1.54, 1.807) is 37.2 Å². The van der Waals surface area contributed by atoms with Gasteiger partial charge >= 0.3 is 0 Å². The van der Waals surface area contributed by atoms with Crippen molar-refractivity contribution in [1.82, 2.24) is 44.9 Å². The van der Waals surface area contributed by atoms with Crippen LogP contribution in [0.3, 0.4) is 0 Å². The molecule has 3 aromatic carbocycles. The van der Waals surface area contributed by atoms with E-state index in [0.717, 1.165) is 123 Å². The van der Waals surface area contributed by atoms with E-state index in [4.69, 9.17) is 49.6 Å². The van der Waals surface area contributed by atoms with Gasteiger partial charge in [-0.15, -0.1) is 0 Å².